The van der Waals surface area contributed by atoms with Crippen LogP contribution in [0.2, 0.25) is 0 Å². The van der Waals surface area contributed by atoms with Crippen LogP contribution in [0.4, 0.5) is 23.2 Å². The molecule has 1 aliphatic carbocycles. The van der Waals surface area contributed by atoms with Gasteiger partial charge in [0, 0.05) is 10.1 Å². The summed E-state index contributed by atoms with van der Waals surface area (Å²) in [4.78, 5) is 11.9. The summed E-state index contributed by atoms with van der Waals surface area (Å²) in [5.74, 6) is -6.66. The Hall–Kier alpha value is -1.24. The maximum absolute atomic E-state index is 13.0. The highest BCUT2D eigenvalue weighted by Crippen LogP contribution is 2.38. The van der Waals surface area contributed by atoms with Crippen LogP contribution in [0.5, 0.6) is 0 Å². The number of para-hydroxylation sites is 1. The molecule has 21 heavy (non-hydrogen) atoms. The van der Waals surface area contributed by atoms with Crippen LogP contribution in [-0.2, 0) is 4.79 Å². The number of carbonyl (C=O) groups is 1. The number of hydrogen-bond acceptors (Lipinski definition) is 2. The van der Waals surface area contributed by atoms with Gasteiger partial charge in [0.2, 0.25) is 0 Å². The molecule has 2 rings (SSSR count). The zero-order valence-corrected chi connectivity index (χ0v) is 11.9. The Labute approximate surface area is 124 Å². The van der Waals surface area contributed by atoms with Crippen molar-refractivity contribution >= 4 is 23.4 Å². The van der Waals surface area contributed by atoms with Crippen LogP contribution in [0, 0.1) is 0 Å². The van der Waals surface area contributed by atoms with Crippen molar-refractivity contribution < 1.29 is 22.4 Å². The first-order chi connectivity index (χ1) is 9.91. The van der Waals surface area contributed by atoms with Crippen LogP contribution < -0.4 is 5.32 Å². The second kappa shape index (κ2) is 6.68. The van der Waals surface area contributed by atoms with Crippen LogP contribution >= 0.6 is 11.8 Å². The molecule has 0 heterocycles. The summed E-state index contributed by atoms with van der Waals surface area (Å²) in [6.07, 6.45) is 0.276. The number of amides is 1. The topological polar surface area (TPSA) is 29.1 Å². The number of hydrogen-bond donors (Lipinski definition) is 1. The molecule has 1 aliphatic rings. The molecule has 1 fully saturated rings. The second-order valence-corrected chi connectivity index (χ2v) is 6.24. The molecule has 1 aromatic rings. The van der Waals surface area contributed by atoms with E-state index < -0.39 is 18.3 Å². The number of benzene rings is 1. The summed E-state index contributed by atoms with van der Waals surface area (Å²) in [6.45, 7) is 0. The smallest absolute Gasteiger partial charge is 0.320 e. The van der Waals surface area contributed by atoms with Gasteiger partial charge in [-0.05, 0) is 25.0 Å². The van der Waals surface area contributed by atoms with Gasteiger partial charge >= 0.3 is 18.3 Å². The lowest BCUT2D eigenvalue weighted by Gasteiger charge is -2.17. The summed E-state index contributed by atoms with van der Waals surface area (Å²) in [5, 5.41) is 2.29. The van der Waals surface area contributed by atoms with Crippen LogP contribution in [0.1, 0.15) is 25.7 Å². The summed E-state index contributed by atoms with van der Waals surface area (Å²) < 4.78 is 50.3. The summed E-state index contributed by atoms with van der Waals surface area (Å²) >= 11 is 1.49. The molecule has 1 aromatic carbocycles. The van der Waals surface area contributed by atoms with Crippen molar-refractivity contribution in [3.8, 4) is 0 Å². The predicted octanol–water partition coefficient (Wildman–Crippen LogP) is 4.56. The molecule has 0 aliphatic heterocycles. The fraction of sp³-hybridized carbons (Fsp3) is 0.500. The fourth-order valence-corrected chi connectivity index (χ4v) is 3.49. The van der Waals surface area contributed by atoms with Crippen molar-refractivity contribution in [2.75, 3.05) is 5.32 Å². The molecule has 1 N–H and O–H groups in total. The first kappa shape index (κ1) is 16.1. The Morgan fingerprint density at radius 3 is 2.48 bits per heavy atom. The van der Waals surface area contributed by atoms with Crippen molar-refractivity contribution in [1.82, 2.24) is 0 Å². The van der Waals surface area contributed by atoms with E-state index in [1.807, 2.05) is 5.32 Å². The van der Waals surface area contributed by atoms with Crippen LogP contribution in [0.3, 0.4) is 0 Å². The van der Waals surface area contributed by atoms with E-state index in [1.165, 1.54) is 17.8 Å². The Morgan fingerprint density at radius 1 is 1.24 bits per heavy atom. The van der Waals surface area contributed by atoms with Crippen molar-refractivity contribution in [2.45, 2.75) is 48.2 Å². The summed E-state index contributed by atoms with van der Waals surface area (Å²) in [5.41, 5.74) is 0.153. The number of carbonyl (C=O) groups excluding carboxylic acids is 1. The number of halogens is 4. The van der Waals surface area contributed by atoms with E-state index in [0.717, 1.165) is 25.7 Å². The van der Waals surface area contributed by atoms with Gasteiger partial charge in [-0.1, -0.05) is 25.0 Å². The molecular weight excluding hydrogens is 306 g/mol. The van der Waals surface area contributed by atoms with Crippen LogP contribution in [-0.4, -0.2) is 23.5 Å². The minimum absolute atomic E-state index is 0.153. The number of rotatable bonds is 5. The predicted molar refractivity (Wildman–Crippen MR) is 74.1 cm³/mol. The zero-order chi connectivity index (χ0) is 15.5. The van der Waals surface area contributed by atoms with E-state index in [-0.39, 0.29) is 5.69 Å². The van der Waals surface area contributed by atoms with Gasteiger partial charge in [-0.15, -0.1) is 11.8 Å². The molecule has 7 heteroatoms. The Bertz CT molecular complexity index is 504. The Kier molecular flexibility index (Phi) is 5.13. The van der Waals surface area contributed by atoms with E-state index in [1.54, 1.807) is 18.2 Å². The van der Waals surface area contributed by atoms with E-state index >= 15 is 0 Å². The van der Waals surface area contributed by atoms with Gasteiger partial charge in [-0.3, -0.25) is 4.79 Å². The SMILES string of the molecule is O=C(Nc1ccccc1SC1CCCC1)C(F)(F)C(F)F. The molecule has 1 saturated carbocycles. The van der Waals surface area contributed by atoms with E-state index in [2.05, 4.69) is 0 Å². The molecule has 0 radical (unpaired) electrons. The molecule has 0 bridgehead atoms. The van der Waals surface area contributed by atoms with Gasteiger partial charge in [-0.25, -0.2) is 8.78 Å². The molecule has 0 atom stereocenters. The van der Waals surface area contributed by atoms with Gasteiger partial charge in [0.05, 0.1) is 5.69 Å². The Balaban J connectivity index is 2.11. The number of anilines is 1. The number of alkyl halides is 4. The minimum Gasteiger partial charge on any atom is -0.320 e. The van der Waals surface area contributed by atoms with Gasteiger partial charge in [-0.2, -0.15) is 8.78 Å². The van der Waals surface area contributed by atoms with E-state index in [0.29, 0.717) is 10.1 Å². The van der Waals surface area contributed by atoms with Crippen molar-refractivity contribution in [1.29, 1.82) is 0 Å². The van der Waals surface area contributed by atoms with Gasteiger partial charge in [0.1, 0.15) is 0 Å². The minimum atomic E-state index is -4.69. The fourth-order valence-electron chi connectivity index (χ4n) is 2.16. The average molecular weight is 321 g/mol. The summed E-state index contributed by atoms with van der Waals surface area (Å²) in [6, 6.07) is 6.42. The lowest BCUT2D eigenvalue weighted by Crippen LogP contribution is -2.41. The lowest BCUT2D eigenvalue weighted by atomic mass is 10.2. The maximum Gasteiger partial charge on any atom is 0.383 e. The maximum atomic E-state index is 13.0. The average Bonchev–Trinajstić information content (AvgIpc) is 2.93. The standard InChI is InChI=1S/C14H15F4NOS/c15-12(16)14(17,18)13(20)19-10-7-3-4-8-11(10)21-9-5-1-2-6-9/h3-4,7-9,12H,1-2,5-6H2,(H,19,20). The normalized spacial score (nSPS) is 16.4. The third-order valence-corrected chi connectivity index (χ3v) is 4.72. The molecular formula is C14H15F4NOS. The molecule has 2 nitrogen and oxygen atoms in total. The second-order valence-electron chi connectivity index (χ2n) is 4.90. The van der Waals surface area contributed by atoms with Crippen LogP contribution in [0.15, 0.2) is 29.2 Å². The lowest BCUT2D eigenvalue weighted by molar-refractivity contribution is -0.163. The molecule has 0 aromatic heterocycles. The van der Waals surface area contributed by atoms with Gasteiger partial charge in [0.25, 0.3) is 0 Å². The Morgan fingerprint density at radius 2 is 1.86 bits per heavy atom. The van der Waals surface area contributed by atoms with E-state index in [9.17, 15) is 22.4 Å². The largest absolute Gasteiger partial charge is 0.383 e. The van der Waals surface area contributed by atoms with Gasteiger partial charge < -0.3 is 5.32 Å². The van der Waals surface area contributed by atoms with Crippen molar-refractivity contribution in [3.05, 3.63) is 24.3 Å². The first-order valence-corrected chi connectivity index (χ1v) is 7.52. The molecule has 0 unspecified atom stereocenters. The number of thioether (sulfide) groups is 1. The van der Waals surface area contributed by atoms with Crippen molar-refractivity contribution in [3.63, 3.8) is 0 Å². The highest BCUT2D eigenvalue weighted by molar-refractivity contribution is 8.00. The quantitative estimate of drug-likeness (QED) is 0.806. The first-order valence-electron chi connectivity index (χ1n) is 6.64. The third kappa shape index (κ3) is 3.90. The van der Waals surface area contributed by atoms with E-state index in [4.69, 9.17) is 0 Å². The van der Waals surface area contributed by atoms with Crippen LogP contribution in [0.25, 0.3) is 0 Å². The highest BCUT2D eigenvalue weighted by Gasteiger charge is 2.49. The zero-order valence-electron chi connectivity index (χ0n) is 11.1. The molecule has 0 saturated heterocycles. The monoisotopic (exact) mass is 321 g/mol. The highest BCUT2D eigenvalue weighted by atomic mass is 32.2. The number of nitrogens with one attached hydrogen (secondary N) is 1. The summed E-state index contributed by atoms with van der Waals surface area (Å²) in [7, 11) is 0. The molecule has 0 spiro atoms. The third-order valence-electron chi connectivity index (χ3n) is 3.31. The van der Waals surface area contributed by atoms with Crippen molar-refractivity contribution in [2.24, 2.45) is 0 Å². The van der Waals surface area contributed by atoms with Gasteiger partial charge in [0.15, 0.2) is 0 Å². The molecule has 1 amide bonds. The molecule has 116 valence electrons.